The number of aromatic carboxylic acids is 1. The van der Waals surface area contributed by atoms with Crippen molar-refractivity contribution in [3.63, 3.8) is 0 Å². The monoisotopic (exact) mass is 340 g/mol. The van der Waals surface area contributed by atoms with Gasteiger partial charge in [-0.25, -0.2) is 9.59 Å². The summed E-state index contributed by atoms with van der Waals surface area (Å²) >= 11 is 0. The van der Waals surface area contributed by atoms with E-state index in [0.717, 1.165) is 0 Å². The summed E-state index contributed by atoms with van der Waals surface area (Å²) in [6.07, 6.45) is -0.109. The third-order valence-corrected chi connectivity index (χ3v) is 2.28. The Balaban J connectivity index is 0.00000254. The van der Waals surface area contributed by atoms with Crippen LogP contribution in [0.3, 0.4) is 0 Å². The Morgan fingerprint density at radius 3 is 2.08 bits per heavy atom. The molecule has 0 bridgehead atoms. The molecule has 0 heterocycles. The third kappa shape index (κ3) is 9.02. The molecule has 0 radical (unpaired) electrons. The van der Waals surface area contributed by atoms with Crippen molar-refractivity contribution in [2.75, 3.05) is 6.61 Å². The molecule has 0 unspecified atom stereocenters. The van der Waals surface area contributed by atoms with Gasteiger partial charge in [-0.05, 0) is 46.8 Å². The van der Waals surface area contributed by atoms with Crippen LogP contribution in [0.4, 0.5) is 0 Å². The minimum atomic E-state index is -1.10. The minimum absolute atomic E-state index is 0.0253. The maximum atomic E-state index is 11.6. The number of rotatable bonds is 6. The van der Waals surface area contributed by atoms with Gasteiger partial charge < -0.3 is 19.3 Å². The van der Waals surface area contributed by atoms with Gasteiger partial charge in [-0.2, -0.15) is 0 Å². The number of ether oxygens (including phenoxy) is 3. The van der Waals surface area contributed by atoms with Crippen LogP contribution in [0.25, 0.3) is 0 Å². The van der Waals surface area contributed by atoms with E-state index in [2.05, 4.69) is 0 Å². The summed E-state index contributed by atoms with van der Waals surface area (Å²) in [6, 6.07) is 4.28. The zero-order valence-corrected chi connectivity index (χ0v) is 15.5. The first-order valence-electron chi connectivity index (χ1n) is 7.96. The van der Waals surface area contributed by atoms with Crippen LogP contribution in [0, 0.1) is 0 Å². The van der Waals surface area contributed by atoms with Gasteiger partial charge in [-0.3, -0.25) is 0 Å². The quantitative estimate of drug-likeness (QED) is 0.790. The lowest BCUT2D eigenvalue weighted by molar-refractivity contribution is -0.157. The van der Waals surface area contributed by atoms with E-state index < -0.39 is 17.5 Å². The molecule has 1 aromatic carbocycles. The molecule has 0 aliphatic heterocycles. The zero-order valence-electron chi connectivity index (χ0n) is 15.5. The van der Waals surface area contributed by atoms with Crippen LogP contribution in [-0.4, -0.2) is 35.4 Å². The second-order valence-corrected chi connectivity index (χ2v) is 6.04. The molecule has 0 amide bonds. The van der Waals surface area contributed by atoms with Crippen molar-refractivity contribution in [3.05, 3.63) is 23.8 Å². The predicted molar refractivity (Wildman–Crippen MR) is 91.9 cm³/mol. The van der Waals surface area contributed by atoms with Crippen LogP contribution < -0.4 is 9.47 Å². The van der Waals surface area contributed by atoms with Crippen LogP contribution in [0.2, 0.25) is 0 Å². The Bertz CT molecular complexity index is 543. The molecule has 0 saturated heterocycles. The summed E-state index contributed by atoms with van der Waals surface area (Å²) in [4.78, 5) is 22.7. The predicted octanol–water partition coefficient (Wildman–Crippen LogP) is 3.92. The molecule has 0 aliphatic carbocycles. The van der Waals surface area contributed by atoms with Crippen molar-refractivity contribution in [2.45, 2.75) is 60.2 Å². The Morgan fingerprint density at radius 2 is 1.62 bits per heavy atom. The number of esters is 1. The summed E-state index contributed by atoms with van der Waals surface area (Å²) < 4.78 is 15.9. The fourth-order valence-electron chi connectivity index (χ4n) is 1.63. The van der Waals surface area contributed by atoms with Gasteiger partial charge in [0.05, 0.1) is 11.7 Å². The van der Waals surface area contributed by atoms with Gasteiger partial charge in [0.1, 0.15) is 17.1 Å². The number of carboxylic acid groups (broad SMARTS) is 1. The lowest BCUT2D eigenvalue weighted by Gasteiger charge is -2.19. The summed E-state index contributed by atoms with van der Waals surface area (Å²) in [7, 11) is 0. The van der Waals surface area contributed by atoms with E-state index in [-0.39, 0.29) is 24.0 Å². The van der Waals surface area contributed by atoms with E-state index in [4.69, 9.17) is 19.3 Å². The second kappa shape index (κ2) is 9.80. The smallest absolute Gasteiger partial charge is 0.344 e. The Morgan fingerprint density at radius 1 is 1.08 bits per heavy atom. The van der Waals surface area contributed by atoms with Gasteiger partial charge in [-0.15, -0.1) is 0 Å². The molecule has 6 nitrogen and oxygen atoms in total. The highest BCUT2D eigenvalue weighted by Gasteiger charge is 2.17. The molecule has 6 heteroatoms. The van der Waals surface area contributed by atoms with Crippen molar-refractivity contribution in [1.29, 1.82) is 0 Å². The Labute approximate surface area is 143 Å². The van der Waals surface area contributed by atoms with Gasteiger partial charge in [0.25, 0.3) is 0 Å². The molecule has 0 atom stereocenters. The van der Waals surface area contributed by atoms with Gasteiger partial charge in [0.2, 0.25) is 0 Å². The summed E-state index contributed by atoms with van der Waals surface area (Å²) in [5.74, 6) is -1.02. The molecule has 0 saturated carbocycles. The lowest BCUT2D eigenvalue weighted by Crippen LogP contribution is -2.27. The van der Waals surface area contributed by atoms with Gasteiger partial charge in [0.15, 0.2) is 6.61 Å². The maximum absolute atomic E-state index is 11.6. The summed E-state index contributed by atoms with van der Waals surface area (Å²) in [5.41, 5.74) is -0.577. The van der Waals surface area contributed by atoms with Crippen molar-refractivity contribution < 1.29 is 28.9 Å². The number of hydrogen-bond donors (Lipinski definition) is 1. The molecule has 0 aliphatic rings. The van der Waals surface area contributed by atoms with E-state index in [1.807, 2.05) is 27.7 Å². The van der Waals surface area contributed by atoms with Gasteiger partial charge in [0, 0.05) is 6.07 Å². The molecule has 1 N–H and O–H groups in total. The van der Waals surface area contributed by atoms with Crippen molar-refractivity contribution in [3.8, 4) is 11.5 Å². The number of hydrogen-bond acceptors (Lipinski definition) is 5. The molecular formula is C18H28O6. The highest BCUT2D eigenvalue weighted by atomic mass is 16.6. The number of carbonyl (C=O) groups is 2. The van der Waals surface area contributed by atoms with E-state index in [1.165, 1.54) is 18.2 Å². The standard InChI is InChI=1S/C16H22O6.C2H6/c1-10(2)21-13-7-11(15(18)19)6-12(8-13)20-9-14(17)22-16(3,4)5;1-2/h6-8,10H,9H2,1-5H3,(H,18,19);1-2H3. The first kappa shape index (κ1) is 21.8. The van der Waals surface area contributed by atoms with Crippen molar-refractivity contribution in [2.24, 2.45) is 0 Å². The van der Waals surface area contributed by atoms with Crippen LogP contribution in [0.15, 0.2) is 18.2 Å². The lowest BCUT2D eigenvalue weighted by atomic mass is 10.2. The zero-order chi connectivity index (χ0) is 18.9. The third-order valence-electron chi connectivity index (χ3n) is 2.28. The molecule has 0 spiro atoms. The van der Waals surface area contributed by atoms with E-state index in [9.17, 15) is 9.59 Å². The van der Waals surface area contributed by atoms with Crippen molar-refractivity contribution in [1.82, 2.24) is 0 Å². The minimum Gasteiger partial charge on any atom is -0.491 e. The average molecular weight is 340 g/mol. The summed E-state index contributed by atoms with van der Waals surface area (Å²) in [6.45, 7) is 12.6. The normalized spacial score (nSPS) is 10.5. The second-order valence-electron chi connectivity index (χ2n) is 6.04. The first-order chi connectivity index (χ1) is 11.1. The molecule has 136 valence electrons. The first-order valence-corrected chi connectivity index (χ1v) is 7.96. The fourth-order valence-corrected chi connectivity index (χ4v) is 1.63. The number of benzene rings is 1. The number of carbonyl (C=O) groups excluding carboxylic acids is 1. The molecule has 24 heavy (non-hydrogen) atoms. The Kier molecular flexibility index (Phi) is 8.89. The van der Waals surface area contributed by atoms with E-state index >= 15 is 0 Å². The molecule has 1 rings (SSSR count). The van der Waals surface area contributed by atoms with Crippen LogP contribution in [-0.2, 0) is 9.53 Å². The van der Waals surface area contributed by atoms with Crippen LogP contribution in [0.5, 0.6) is 11.5 Å². The van der Waals surface area contributed by atoms with E-state index in [1.54, 1.807) is 20.8 Å². The Hall–Kier alpha value is -2.24. The molecule has 1 aromatic rings. The fraction of sp³-hybridized carbons (Fsp3) is 0.556. The largest absolute Gasteiger partial charge is 0.491 e. The van der Waals surface area contributed by atoms with Crippen LogP contribution >= 0.6 is 0 Å². The average Bonchev–Trinajstić information content (AvgIpc) is 2.44. The van der Waals surface area contributed by atoms with E-state index in [0.29, 0.717) is 5.75 Å². The van der Waals surface area contributed by atoms with Crippen LogP contribution in [0.1, 0.15) is 58.8 Å². The van der Waals surface area contributed by atoms with Crippen molar-refractivity contribution >= 4 is 11.9 Å². The number of carboxylic acids is 1. The SMILES string of the molecule is CC.CC(C)Oc1cc(OCC(=O)OC(C)(C)C)cc(C(=O)O)c1. The topological polar surface area (TPSA) is 82.1 Å². The van der Waals surface area contributed by atoms with Gasteiger partial charge >= 0.3 is 11.9 Å². The molecule has 0 aromatic heterocycles. The summed E-state index contributed by atoms with van der Waals surface area (Å²) in [5, 5.41) is 9.10. The molecular weight excluding hydrogens is 312 g/mol. The highest BCUT2D eigenvalue weighted by molar-refractivity contribution is 5.88. The maximum Gasteiger partial charge on any atom is 0.344 e. The van der Waals surface area contributed by atoms with Gasteiger partial charge in [-0.1, -0.05) is 13.8 Å². The highest BCUT2D eigenvalue weighted by Crippen LogP contribution is 2.24. The molecule has 0 fully saturated rings.